The number of hydrogen-bond acceptors (Lipinski definition) is 3. The largest absolute Gasteiger partial charge is 0.361 e. The Kier molecular flexibility index (Phi) is 4.23. The van der Waals surface area contributed by atoms with Crippen molar-refractivity contribution < 1.29 is 4.79 Å². The molecule has 5 nitrogen and oxygen atoms in total. The molecule has 1 aliphatic carbocycles. The van der Waals surface area contributed by atoms with Crippen molar-refractivity contribution in [2.75, 3.05) is 5.32 Å². The van der Waals surface area contributed by atoms with Gasteiger partial charge in [-0.2, -0.15) is 0 Å². The molecule has 0 radical (unpaired) electrons. The Bertz CT molecular complexity index is 1630. The van der Waals surface area contributed by atoms with Crippen LogP contribution in [0.3, 0.4) is 0 Å². The summed E-state index contributed by atoms with van der Waals surface area (Å²) in [6, 6.07) is 24.0. The first-order chi connectivity index (χ1) is 16.7. The highest BCUT2D eigenvalue weighted by molar-refractivity contribution is 6.30. The van der Waals surface area contributed by atoms with Crippen molar-refractivity contribution in [3.8, 4) is 0 Å². The average Bonchev–Trinajstić information content (AvgIpc) is 3.44. The van der Waals surface area contributed by atoms with Crippen LogP contribution in [-0.2, 0) is 4.79 Å². The second kappa shape index (κ2) is 7.34. The van der Waals surface area contributed by atoms with E-state index in [4.69, 9.17) is 16.6 Å². The number of allylic oxidation sites excluding steroid dienone is 2. The van der Waals surface area contributed by atoms with Crippen molar-refractivity contribution in [1.29, 1.82) is 0 Å². The zero-order valence-corrected chi connectivity index (χ0v) is 19.0. The monoisotopic (exact) mass is 464 g/mol. The van der Waals surface area contributed by atoms with Crippen molar-refractivity contribution in [1.82, 2.24) is 14.5 Å². The fourth-order valence-corrected chi connectivity index (χ4v) is 5.74. The molecule has 3 heterocycles. The Morgan fingerprint density at radius 2 is 1.74 bits per heavy atom. The summed E-state index contributed by atoms with van der Waals surface area (Å²) in [4.78, 5) is 22.1. The molecule has 1 aliphatic heterocycles. The van der Waals surface area contributed by atoms with Crippen LogP contribution in [0.5, 0.6) is 0 Å². The maximum Gasteiger partial charge on any atom is 0.209 e. The maximum absolute atomic E-state index is 13.8. The minimum Gasteiger partial charge on any atom is -0.361 e. The number of nitrogens with one attached hydrogen (secondary N) is 2. The van der Waals surface area contributed by atoms with E-state index in [1.54, 1.807) is 0 Å². The van der Waals surface area contributed by atoms with Gasteiger partial charge in [0.1, 0.15) is 0 Å². The number of para-hydroxylation sites is 3. The number of nitrogens with zero attached hydrogens (tertiary/aromatic N) is 2. The molecule has 0 unspecified atom stereocenters. The van der Waals surface area contributed by atoms with Crippen LogP contribution in [-0.4, -0.2) is 20.3 Å². The number of imidazole rings is 1. The predicted octanol–water partition coefficient (Wildman–Crippen LogP) is 6.59. The molecule has 7 rings (SSSR count). The number of H-pyrrole nitrogens is 1. The quantitative estimate of drug-likeness (QED) is 0.310. The molecule has 3 aromatic carbocycles. The molecule has 2 atom stereocenters. The van der Waals surface area contributed by atoms with E-state index in [2.05, 4.69) is 33.1 Å². The molecule has 5 aromatic rings. The minimum atomic E-state index is -0.242. The first-order valence-corrected chi connectivity index (χ1v) is 11.9. The van der Waals surface area contributed by atoms with E-state index in [-0.39, 0.29) is 17.7 Å². The summed E-state index contributed by atoms with van der Waals surface area (Å²) in [6.45, 7) is 0. The molecule has 0 spiro atoms. The van der Waals surface area contributed by atoms with Crippen LogP contribution in [0.1, 0.15) is 35.9 Å². The number of halogens is 1. The zero-order chi connectivity index (χ0) is 22.8. The summed E-state index contributed by atoms with van der Waals surface area (Å²) >= 11 is 6.11. The van der Waals surface area contributed by atoms with E-state index in [0.29, 0.717) is 11.4 Å². The molecular weight excluding hydrogens is 444 g/mol. The van der Waals surface area contributed by atoms with Crippen molar-refractivity contribution in [2.24, 2.45) is 0 Å². The van der Waals surface area contributed by atoms with Crippen LogP contribution in [0.15, 0.2) is 90.3 Å². The summed E-state index contributed by atoms with van der Waals surface area (Å²) in [5.74, 6) is 1.06. The second-order valence-corrected chi connectivity index (χ2v) is 9.52. The molecule has 0 amide bonds. The Balaban J connectivity index is 1.44. The first kappa shape index (κ1) is 19.6. The highest BCUT2D eigenvalue weighted by atomic mass is 35.5. The van der Waals surface area contributed by atoms with E-state index < -0.39 is 0 Å². The fourth-order valence-electron chi connectivity index (χ4n) is 5.61. The molecule has 0 bridgehead atoms. The third-order valence-corrected chi connectivity index (χ3v) is 7.41. The predicted molar refractivity (Wildman–Crippen MR) is 135 cm³/mol. The van der Waals surface area contributed by atoms with Gasteiger partial charge in [-0.25, -0.2) is 4.98 Å². The summed E-state index contributed by atoms with van der Waals surface area (Å²) in [5, 5.41) is 5.37. The van der Waals surface area contributed by atoms with Gasteiger partial charge < -0.3 is 10.3 Å². The SMILES string of the molecule is O=C1C[C@H](c2ccc(Cl)cc2)CC2=C1[C@H](c1c[nH]c3ccccc13)n1c(nc3ccccc31)N2. The molecular formula is C28H21ClN4O. The number of aromatic amines is 1. The van der Waals surface area contributed by atoms with Crippen LogP contribution in [0.2, 0.25) is 5.02 Å². The lowest BCUT2D eigenvalue weighted by Gasteiger charge is -2.36. The number of carbonyl (C=O) groups is 1. The van der Waals surface area contributed by atoms with E-state index >= 15 is 0 Å². The van der Waals surface area contributed by atoms with Crippen LogP contribution in [0, 0.1) is 0 Å². The number of rotatable bonds is 2. The van der Waals surface area contributed by atoms with Gasteiger partial charge in [-0.3, -0.25) is 9.36 Å². The van der Waals surface area contributed by atoms with Crippen LogP contribution in [0.4, 0.5) is 5.95 Å². The standard InChI is InChI=1S/C28H21ClN4O/c29-18-11-9-16(10-12-18)17-13-23-26(25(34)14-17)27(20-15-30-21-6-2-1-5-19(20)21)33-24-8-4-3-7-22(24)31-28(33)32-23/h1-12,15,17,27,30H,13-14H2,(H,31,32)/t17-,27+/m1/s1. The van der Waals surface area contributed by atoms with Gasteiger partial charge in [-0.1, -0.05) is 54.1 Å². The van der Waals surface area contributed by atoms with Crippen molar-refractivity contribution in [2.45, 2.75) is 24.8 Å². The van der Waals surface area contributed by atoms with Crippen LogP contribution >= 0.6 is 11.6 Å². The number of Topliss-reactive ketones (excluding diaryl/α,β-unsaturated/α-hetero) is 1. The van der Waals surface area contributed by atoms with Gasteiger partial charge >= 0.3 is 0 Å². The average molecular weight is 465 g/mol. The number of aromatic nitrogens is 3. The van der Waals surface area contributed by atoms with Gasteiger partial charge in [0.15, 0.2) is 5.78 Å². The lowest BCUT2D eigenvalue weighted by molar-refractivity contribution is -0.116. The van der Waals surface area contributed by atoms with Gasteiger partial charge in [0.2, 0.25) is 5.95 Å². The second-order valence-electron chi connectivity index (χ2n) is 9.08. The fraction of sp³-hybridized carbons (Fsp3) is 0.143. The van der Waals surface area contributed by atoms with Crippen LogP contribution in [0.25, 0.3) is 21.9 Å². The Morgan fingerprint density at radius 3 is 2.62 bits per heavy atom. The summed E-state index contributed by atoms with van der Waals surface area (Å²) in [5.41, 5.74) is 7.02. The number of ketones is 1. The van der Waals surface area contributed by atoms with Crippen molar-refractivity contribution in [3.63, 3.8) is 0 Å². The van der Waals surface area contributed by atoms with E-state index in [0.717, 1.165) is 56.7 Å². The zero-order valence-electron chi connectivity index (χ0n) is 18.3. The molecule has 6 heteroatoms. The molecule has 2 aromatic heterocycles. The van der Waals surface area contributed by atoms with E-state index in [1.165, 1.54) is 0 Å². The molecule has 34 heavy (non-hydrogen) atoms. The van der Waals surface area contributed by atoms with Gasteiger partial charge in [0.05, 0.1) is 17.1 Å². The third kappa shape index (κ3) is 2.87. The molecule has 2 N–H and O–H groups in total. The first-order valence-electron chi connectivity index (χ1n) is 11.5. The Hall–Kier alpha value is -3.83. The van der Waals surface area contributed by atoms with Gasteiger partial charge in [-0.15, -0.1) is 0 Å². The van der Waals surface area contributed by atoms with Crippen LogP contribution < -0.4 is 5.32 Å². The maximum atomic E-state index is 13.8. The molecule has 166 valence electrons. The van der Waals surface area contributed by atoms with E-state index in [1.807, 2.05) is 60.8 Å². The van der Waals surface area contributed by atoms with Crippen molar-refractivity contribution >= 4 is 45.3 Å². The van der Waals surface area contributed by atoms with Gasteiger partial charge in [-0.05, 0) is 48.2 Å². The van der Waals surface area contributed by atoms with E-state index in [9.17, 15) is 4.79 Å². The third-order valence-electron chi connectivity index (χ3n) is 7.16. The number of fused-ring (bicyclic) bond motifs is 4. The Labute approximate surface area is 201 Å². The number of anilines is 1. The highest BCUT2D eigenvalue weighted by Crippen LogP contribution is 2.47. The number of hydrogen-bond donors (Lipinski definition) is 2. The normalized spacial score (nSPS) is 19.9. The summed E-state index contributed by atoms with van der Waals surface area (Å²) < 4.78 is 2.18. The topological polar surface area (TPSA) is 62.7 Å². The van der Waals surface area contributed by atoms with Gasteiger partial charge in [0, 0.05) is 45.4 Å². The molecule has 0 saturated heterocycles. The smallest absolute Gasteiger partial charge is 0.209 e. The number of carbonyl (C=O) groups excluding carboxylic acids is 1. The molecule has 0 saturated carbocycles. The lowest BCUT2D eigenvalue weighted by Crippen LogP contribution is -2.33. The highest BCUT2D eigenvalue weighted by Gasteiger charge is 2.40. The lowest BCUT2D eigenvalue weighted by atomic mass is 9.77. The minimum absolute atomic E-state index is 0.107. The Morgan fingerprint density at radius 1 is 0.941 bits per heavy atom. The summed E-state index contributed by atoms with van der Waals surface area (Å²) in [6.07, 6.45) is 3.27. The summed E-state index contributed by atoms with van der Waals surface area (Å²) in [7, 11) is 0. The molecule has 2 aliphatic rings. The van der Waals surface area contributed by atoms with Crippen molar-refractivity contribution in [3.05, 3.63) is 106 Å². The van der Waals surface area contributed by atoms with Gasteiger partial charge in [0.25, 0.3) is 0 Å². The number of benzene rings is 3. The molecule has 0 fully saturated rings.